The lowest BCUT2D eigenvalue weighted by Crippen LogP contribution is -3.00. The summed E-state index contributed by atoms with van der Waals surface area (Å²) in [4.78, 5) is 0. The largest absolute Gasteiger partial charge is 1.00 e. The van der Waals surface area contributed by atoms with Crippen molar-refractivity contribution in [2.75, 3.05) is 6.61 Å². The van der Waals surface area contributed by atoms with Gasteiger partial charge in [-0.15, -0.1) is 0 Å². The lowest BCUT2D eigenvalue weighted by atomic mass is 10.1. The molecule has 5 heteroatoms. The van der Waals surface area contributed by atoms with Crippen LogP contribution in [-0.4, -0.2) is 22.4 Å². The SMILES string of the molecule is CCc1cc(C)cc(OCC(O)C[n+]2cn(CC)c3ccccc32)c1.[I-]. The third-order valence-electron chi connectivity index (χ3n) is 4.49. The molecule has 1 unspecified atom stereocenters. The van der Waals surface area contributed by atoms with Gasteiger partial charge in [-0.05, 0) is 55.7 Å². The van der Waals surface area contributed by atoms with E-state index in [1.54, 1.807) is 0 Å². The van der Waals surface area contributed by atoms with Crippen LogP contribution in [0.4, 0.5) is 0 Å². The van der Waals surface area contributed by atoms with Gasteiger partial charge in [-0.25, -0.2) is 9.13 Å². The van der Waals surface area contributed by atoms with Gasteiger partial charge in [0.2, 0.25) is 6.33 Å². The van der Waals surface area contributed by atoms with Crippen LogP contribution in [0.1, 0.15) is 25.0 Å². The molecule has 0 aliphatic carbocycles. The van der Waals surface area contributed by atoms with E-state index in [1.807, 2.05) is 18.2 Å². The van der Waals surface area contributed by atoms with Gasteiger partial charge in [0.25, 0.3) is 0 Å². The van der Waals surface area contributed by atoms with Gasteiger partial charge in [0.05, 0.1) is 6.54 Å². The van der Waals surface area contributed by atoms with E-state index in [1.165, 1.54) is 16.6 Å². The first-order valence-corrected chi connectivity index (χ1v) is 8.99. The molecule has 0 amide bonds. The Bertz CT molecular complexity index is 860. The topological polar surface area (TPSA) is 38.3 Å². The molecule has 3 rings (SSSR count). The molecule has 140 valence electrons. The zero-order valence-corrected chi connectivity index (χ0v) is 17.8. The zero-order chi connectivity index (χ0) is 17.8. The van der Waals surface area contributed by atoms with Gasteiger partial charge in [-0.2, -0.15) is 0 Å². The molecular formula is C21H27IN2O2. The van der Waals surface area contributed by atoms with E-state index in [-0.39, 0.29) is 30.6 Å². The van der Waals surface area contributed by atoms with Crippen molar-refractivity contribution >= 4 is 11.0 Å². The number of aromatic nitrogens is 2. The lowest BCUT2D eigenvalue weighted by molar-refractivity contribution is -0.679. The highest BCUT2D eigenvalue weighted by Crippen LogP contribution is 2.17. The number of hydrogen-bond acceptors (Lipinski definition) is 2. The molecule has 0 aliphatic rings. The van der Waals surface area contributed by atoms with E-state index in [4.69, 9.17) is 4.74 Å². The van der Waals surface area contributed by atoms with Crippen LogP contribution >= 0.6 is 0 Å². The van der Waals surface area contributed by atoms with Crippen LogP contribution in [0.2, 0.25) is 0 Å². The Hall–Kier alpha value is -1.60. The van der Waals surface area contributed by atoms with Crippen molar-refractivity contribution in [3.05, 3.63) is 59.9 Å². The number of para-hydroxylation sites is 2. The van der Waals surface area contributed by atoms with Gasteiger partial charge in [0.1, 0.15) is 25.0 Å². The number of aliphatic hydroxyl groups excluding tert-OH is 1. The summed E-state index contributed by atoms with van der Waals surface area (Å²) < 4.78 is 10.1. The number of hydrogen-bond donors (Lipinski definition) is 1. The smallest absolute Gasteiger partial charge is 0.244 e. The Labute approximate surface area is 172 Å². The number of rotatable bonds is 7. The average Bonchev–Trinajstić information content (AvgIpc) is 2.97. The lowest BCUT2D eigenvalue weighted by Gasteiger charge is -2.12. The summed E-state index contributed by atoms with van der Waals surface area (Å²) in [6.07, 6.45) is 2.48. The predicted molar refractivity (Wildman–Crippen MR) is 99.9 cm³/mol. The summed E-state index contributed by atoms with van der Waals surface area (Å²) in [5, 5.41) is 10.4. The van der Waals surface area contributed by atoms with Crippen molar-refractivity contribution in [2.24, 2.45) is 0 Å². The molecule has 1 aromatic heterocycles. The third kappa shape index (κ3) is 4.76. The summed E-state index contributed by atoms with van der Waals surface area (Å²) in [6, 6.07) is 14.5. The summed E-state index contributed by atoms with van der Waals surface area (Å²) >= 11 is 0. The minimum absolute atomic E-state index is 0. The molecule has 0 aliphatic heterocycles. The van der Waals surface area contributed by atoms with Gasteiger partial charge < -0.3 is 33.8 Å². The Morgan fingerprint density at radius 1 is 1.15 bits per heavy atom. The highest BCUT2D eigenvalue weighted by Gasteiger charge is 2.17. The second kappa shape index (κ2) is 9.37. The number of benzene rings is 2. The number of aliphatic hydroxyl groups is 1. The number of halogens is 1. The van der Waals surface area contributed by atoms with E-state index < -0.39 is 6.10 Å². The highest BCUT2D eigenvalue weighted by molar-refractivity contribution is 5.71. The second-order valence-electron chi connectivity index (χ2n) is 6.52. The van der Waals surface area contributed by atoms with Crippen molar-refractivity contribution in [3.8, 4) is 5.75 Å². The van der Waals surface area contributed by atoms with Crippen molar-refractivity contribution in [1.82, 2.24) is 4.57 Å². The number of imidazole rings is 1. The molecule has 0 radical (unpaired) electrons. The predicted octanol–water partition coefficient (Wildman–Crippen LogP) is 0.263. The normalized spacial score (nSPS) is 12.0. The first-order chi connectivity index (χ1) is 12.1. The standard InChI is InChI=1S/C21H27N2O2.HI/c1-4-17-10-16(3)11-19(12-17)25-14-18(24)13-23-15-22(5-2)20-8-6-7-9-21(20)23;/h6-12,15,18,24H,4-5,13-14H2,1-3H3;1H/q+1;/p-1. The molecule has 26 heavy (non-hydrogen) atoms. The molecular weight excluding hydrogens is 439 g/mol. The molecule has 1 N–H and O–H groups in total. The van der Waals surface area contributed by atoms with Gasteiger partial charge in [0.15, 0.2) is 11.0 Å². The maximum Gasteiger partial charge on any atom is 0.244 e. The van der Waals surface area contributed by atoms with E-state index in [9.17, 15) is 5.11 Å². The van der Waals surface area contributed by atoms with Crippen LogP contribution in [-0.2, 0) is 19.5 Å². The first-order valence-electron chi connectivity index (χ1n) is 8.99. The fourth-order valence-electron chi connectivity index (χ4n) is 3.22. The number of aryl methyl sites for hydroxylation is 3. The van der Waals surface area contributed by atoms with Crippen molar-refractivity contribution in [1.29, 1.82) is 0 Å². The van der Waals surface area contributed by atoms with E-state index in [0.29, 0.717) is 6.54 Å². The maximum atomic E-state index is 10.4. The molecule has 1 heterocycles. The molecule has 2 aromatic carbocycles. The molecule has 0 saturated carbocycles. The molecule has 1 atom stereocenters. The second-order valence-corrected chi connectivity index (χ2v) is 6.52. The van der Waals surface area contributed by atoms with Gasteiger partial charge in [-0.1, -0.05) is 25.1 Å². The molecule has 4 nitrogen and oxygen atoms in total. The fourth-order valence-corrected chi connectivity index (χ4v) is 3.22. The van der Waals surface area contributed by atoms with Crippen LogP contribution in [0.3, 0.4) is 0 Å². The van der Waals surface area contributed by atoms with Crippen LogP contribution in [0.25, 0.3) is 11.0 Å². The number of fused-ring (bicyclic) bond motifs is 1. The summed E-state index contributed by atoms with van der Waals surface area (Å²) in [6.45, 7) is 8.03. The third-order valence-corrected chi connectivity index (χ3v) is 4.49. The van der Waals surface area contributed by atoms with E-state index >= 15 is 0 Å². The first kappa shape index (κ1) is 20.7. The van der Waals surface area contributed by atoms with Crippen molar-refractivity contribution in [3.63, 3.8) is 0 Å². The number of nitrogens with zero attached hydrogens (tertiary/aromatic N) is 2. The Morgan fingerprint density at radius 3 is 2.65 bits per heavy atom. The zero-order valence-electron chi connectivity index (χ0n) is 15.7. The van der Waals surface area contributed by atoms with Crippen LogP contribution in [0.15, 0.2) is 48.8 Å². The van der Waals surface area contributed by atoms with Crippen LogP contribution < -0.4 is 33.3 Å². The molecule has 0 spiro atoms. The maximum absolute atomic E-state index is 10.4. The minimum Gasteiger partial charge on any atom is -1.00 e. The summed E-state index contributed by atoms with van der Waals surface area (Å²) in [5.41, 5.74) is 4.76. The Balaban J connectivity index is 0.00000243. The Kier molecular flexibility index (Phi) is 7.46. The summed E-state index contributed by atoms with van der Waals surface area (Å²) in [5.74, 6) is 0.830. The van der Waals surface area contributed by atoms with E-state index in [0.717, 1.165) is 24.2 Å². The number of ether oxygens (including phenoxy) is 1. The van der Waals surface area contributed by atoms with Crippen LogP contribution in [0, 0.1) is 6.92 Å². The molecule has 3 aromatic rings. The average molecular weight is 466 g/mol. The van der Waals surface area contributed by atoms with Gasteiger partial charge in [-0.3, -0.25) is 0 Å². The van der Waals surface area contributed by atoms with Gasteiger partial charge in [0, 0.05) is 0 Å². The quantitative estimate of drug-likeness (QED) is 0.401. The highest BCUT2D eigenvalue weighted by atomic mass is 127. The molecule has 0 bridgehead atoms. The minimum atomic E-state index is -0.563. The van der Waals surface area contributed by atoms with E-state index in [2.05, 4.69) is 60.5 Å². The van der Waals surface area contributed by atoms with Crippen molar-refractivity contribution < 1.29 is 38.4 Å². The summed E-state index contributed by atoms with van der Waals surface area (Å²) in [7, 11) is 0. The van der Waals surface area contributed by atoms with Crippen LogP contribution in [0.5, 0.6) is 5.75 Å². The van der Waals surface area contributed by atoms with Crippen molar-refractivity contribution in [2.45, 2.75) is 46.4 Å². The fraction of sp³-hybridized carbons (Fsp3) is 0.381. The molecule has 0 fully saturated rings. The monoisotopic (exact) mass is 466 g/mol. The Morgan fingerprint density at radius 2 is 1.92 bits per heavy atom. The van der Waals surface area contributed by atoms with Gasteiger partial charge >= 0.3 is 0 Å². The molecule has 0 saturated heterocycles.